The minimum absolute atomic E-state index is 0.308. The Morgan fingerprint density at radius 2 is 1.68 bits per heavy atom. The maximum Gasteiger partial charge on any atom is 0.0745 e. The predicted molar refractivity (Wildman–Crippen MR) is 75.6 cm³/mol. The summed E-state index contributed by atoms with van der Waals surface area (Å²) in [7, 11) is 0. The van der Waals surface area contributed by atoms with Crippen LogP contribution in [0.3, 0.4) is 0 Å². The van der Waals surface area contributed by atoms with Crippen LogP contribution in [0, 0.1) is 0 Å². The third-order valence-electron chi connectivity index (χ3n) is 3.04. The first-order valence-electron chi connectivity index (χ1n) is 7.08. The molecule has 0 amide bonds. The number of aliphatic hydroxyl groups is 4. The molecule has 0 spiro atoms. The van der Waals surface area contributed by atoms with Crippen molar-refractivity contribution in [1.29, 1.82) is 0 Å². The standard InChI is InChI=1S/C14H29NO4/c1-2-11(16)9-12(17)5-3-6-13(18)10-14(19)7-4-8-15/h3,5,11-14,16-19H,2,4,6-10,15H2,1H3/b5-3+. The van der Waals surface area contributed by atoms with Crippen molar-refractivity contribution in [3.8, 4) is 0 Å². The number of rotatable bonds is 11. The lowest BCUT2D eigenvalue weighted by molar-refractivity contribution is 0.0760. The Kier molecular flexibility index (Phi) is 11.1. The second-order valence-corrected chi connectivity index (χ2v) is 5.00. The van der Waals surface area contributed by atoms with Gasteiger partial charge < -0.3 is 26.2 Å². The van der Waals surface area contributed by atoms with Gasteiger partial charge in [0.05, 0.1) is 24.4 Å². The van der Waals surface area contributed by atoms with E-state index in [4.69, 9.17) is 5.73 Å². The third kappa shape index (κ3) is 11.1. The number of hydrogen-bond acceptors (Lipinski definition) is 5. The van der Waals surface area contributed by atoms with E-state index in [-0.39, 0.29) is 0 Å². The van der Waals surface area contributed by atoms with E-state index in [1.807, 2.05) is 6.92 Å². The third-order valence-corrected chi connectivity index (χ3v) is 3.04. The van der Waals surface area contributed by atoms with Gasteiger partial charge in [0.15, 0.2) is 0 Å². The van der Waals surface area contributed by atoms with E-state index in [9.17, 15) is 20.4 Å². The van der Waals surface area contributed by atoms with E-state index in [0.717, 1.165) is 6.42 Å². The molecule has 0 rings (SSSR count). The zero-order valence-electron chi connectivity index (χ0n) is 11.8. The van der Waals surface area contributed by atoms with Crippen LogP contribution in [0.15, 0.2) is 12.2 Å². The summed E-state index contributed by atoms with van der Waals surface area (Å²) in [5.74, 6) is 0. The zero-order chi connectivity index (χ0) is 14.7. The summed E-state index contributed by atoms with van der Waals surface area (Å²) in [6, 6.07) is 0. The lowest BCUT2D eigenvalue weighted by Crippen LogP contribution is -2.18. The Morgan fingerprint density at radius 1 is 1.00 bits per heavy atom. The van der Waals surface area contributed by atoms with Crippen LogP contribution >= 0.6 is 0 Å². The summed E-state index contributed by atoms with van der Waals surface area (Å²) in [6.07, 6.45) is 3.90. The fourth-order valence-corrected chi connectivity index (χ4v) is 1.80. The number of hydrogen-bond donors (Lipinski definition) is 5. The molecule has 0 fully saturated rings. The van der Waals surface area contributed by atoms with Gasteiger partial charge in [0.25, 0.3) is 0 Å². The first-order valence-corrected chi connectivity index (χ1v) is 7.08. The summed E-state index contributed by atoms with van der Waals surface area (Å²) >= 11 is 0. The first kappa shape index (κ1) is 18.5. The smallest absolute Gasteiger partial charge is 0.0745 e. The van der Waals surface area contributed by atoms with Gasteiger partial charge >= 0.3 is 0 Å². The molecule has 0 aliphatic carbocycles. The summed E-state index contributed by atoms with van der Waals surface area (Å²) in [6.45, 7) is 2.40. The van der Waals surface area contributed by atoms with Gasteiger partial charge in [-0.05, 0) is 38.6 Å². The van der Waals surface area contributed by atoms with Crippen LogP contribution in [0.5, 0.6) is 0 Å². The largest absolute Gasteiger partial charge is 0.393 e. The lowest BCUT2D eigenvalue weighted by Gasteiger charge is -2.14. The summed E-state index contributed by atoms with van der Waals surface area (Å²) in [4.78, 5) is 0. The van der Waals surface area contributed by atoms with Crippen molar-refractivity contribution in [2.45, 2.75) is 69.9 Å². The van der Waals surface area contributed by atoms with E-state index < -0.39 is 24.4 Å². The zero-order valence-corrected chi connectivity index (χ0v) is 11.8. The summed E-state index contributed by atoms with van der Waals surface area (Å²) in [5, 5.41) is 38.2. The van der Waals surface area contributed by atoms with Gasteiger partial charge in [0, 0.05) is 6.42 Å². The molecule has 0 heterocycles. The van der Waals surface area contributed by atoms with Crippen LogP contribution in [0.2, 0.25) is 0 Å². The van der Waals surface area contributed by atoms with Crippen LogP contribution in [-0.2, 0) is 0 Å². The monoisotopic (exact) mass is 275 g/mol. The minimum atomic E-state index is -0.690. The van der Waals surface area contributed by atoms with Crippen molar-refractivity contribution in [3.05, 3.63) is 12.2 Å². The molecule has 0 aromatic heterocycles. The average Bonchev–Trinajstić information content (AvgIpc) is 2.35. The van der Waals surface area contributed by atoms with Gasteiger partial charge in [-0.1, -0.05) is 19.1 Å². The maximum absolute atomic E-state index is 9.69. The summed E-state index contributed by atoms with van der Waals surface area (Å²) < 4.78 is 0. The van der Waals surface area contributed by atoms with Gasteiger partial charge in [-0.3, -0.25) is 0 Å². The molecule has 0 radical (unpaired) electrons. The van der Waals surface area contributed by atoms with E-state index >= 15 is 0 Å². The molecule has 0 saturated carbocycles. The van der Waals surface area contributed by atoms with Crippen LogP contribution < -0.4 is 5.73 Å². The van der Waals surface area contributed by atoms with Crippen LogP contribution in [0.25, 0.3) is 0 Å². The van der Waals surface area contributed by atoms with Gasteiger partial charge in [-0.25, -0.2) is 0 Å². The second-order valence-electron chi connectivity index (χ2n) is 5.00. The molecule has 0 aliphatic heterocycles. The highest BCUT2D eigenvalue weighted by Gasteiger charge is 2.11. The molecule has 19 heavy (non-hydrogen) atoms. The highest BCUT2D eigenvalue weighted by Crippen LogP contribution is 2.09. The lowest BCUT2D eigenvalue weighted by atomic mass is 10.0. The Morgan fingerprint density at radius 3 is 2.26 bits per heavy atom. The molecule has 0 aliphatic rings. The molecule has 0 saturated heterocycles. The van der Waals surface area contributed by atoms with Crippen LogP contribution in [0.4, 0.5) is 0 Å². The molecule has 5 heteroatoms. The number of nitrogens with two attached hydrogens (primary N) is 1. The minimum Gasteiger partial charge on any atom is -0.393 e. The highest BCUT2D eigenvalue weighted by atomic mass is 16.3. The molecule has 0 aromatic carbocycles. The van der Waals surface area contributed by atoms with E-state index in [0.29, 0.717) is 38.6 Å². The molecule has 0 bridgehead atoms. The predicted octanol–water partition coefficient (Wildman–Crippen LogP) is 0.305. The van der Waals surface area contributed by atoms with Crippen molar-refractivity contribution < 1.29 is 20.4 Å². The average molecular weight is 275 g/mol. The van der Waals surface area contributed by atoms with Gasteiger partial charge in [0.2, 0.25) is 0 Å². The molecular formula is C14H29NO4. The van der Waals surface area contributed by atoms with Gasteiger partial charge in [-0.15, -0.1) is 0 Å². The first-order chi connectivity index (χ1) is 8.99. The summed E-state index contributed by atoms with van der Waals surface area (Å²) in [5.41, 5.74) is 5.34. The van der Waals surface area contributed by atoms with Crippen LogP contribution in [0.1, 0.15) is 45.4 Å². The number of aliphatic hydroxyl groups excluding tert-OH is 4. The van der Waals surface area contributed by atoms with E-state index in [1.165, 1.54) is 0 Å². The fraction of sp³-hybridized carbons (Fsp3) is 0.857. The quantitative estimate of drug-likeness (QED) is 0.349. The Labute approximate surface area is 115 Å². The molecule has 4 atom stereocenters. The molecule has 0 aromatic rings. The van der Waals surface area contributed by atoms with Crippen LogP contribution in [-0.4, -0.2) is 51.4 Å². The van der Waals surface area contributed by atoms with Crippen molar-refractivity contribution in [1.82, 2.24) is 0 Å². The van der Waals surface area contributed by atoms with Crippen molar-refractivity contribution in [2.75, 3.05) is 6.54 Å². The van der Waals surface area contributed by atoms with E-state index in [2.05, 4.69) is 0 Å². The van der Waals surface area contributed by atoms with E-state index in [1.54, 1.807) is 12.2 Å². The second kappa shape index (κ2) is 11.4. The molecular weight excluding hydrogens is 246 g/mol. The topological polar surface area (TPSA) is 107 Å². The maximum atomic E-state index is 9.69. The molecule has 114 valence electrons. The normalized spacial score (nSPS) is 18.4. The highest BCUT2D eigenvalue weighted by molar-refractivity contribution is 4.91. The molecule has 6 N–H and O–H groups in total. The molecule has 4 unspecified atom stereocenters. The van der Waals surface area contributed by atoms with Crippen molar-refractivity contribution in [3.63, 3.8) is 0 Å². The van der Waals surface area contributed by atoms with Crippen molar-refractivity contribution >= 4 is 0 Å². The molecule has 5 nitrogen and oxygen atoms in total. The Hall–Kier alpha value is -0.460. The van der Waals surface area contributed by atoms with Crippen molar-refractivity contribution in [2.24, 2.45) is 5.73 Å². The van der Waals surface area contributed by atoms with Gasteiger partial charge in [-0.2, -0.15) is 0 Å². The Bertz CT molecular complexity index is 235. The fourth-order valence-electron chi connectivity index (χ4n) is 1.80. The van der Waals surface area contributed by atoms with Gasteiger partial charge in [0.1, 0.15) is 0 Å². The Balaban J connectivity index is 3.78. The SMILES string of the molecule is CCC(O)CC(O)/C=C/CC(O)CC(O)CCCN.